The fourth-order valence-corrected chi connectivity index (χ4v) is 3.53. The highest BCUT2D eigenvalue weighted by Crippen LogP contribution is 2.30. The average Bonchev–Trinajstić information content (AvgIpc) is 2.75. The highest BCUT2D eigenvalue weighted by Gasteiger charge is 2.31. The van der Waals surface area contributed by atoms with Crippen LogP contribution in [0.3, 0.4) is 0 Å². The smallest absolute Gasteiger partial charge is 0.223 e. The Morgan fingerprint density at radius 3 is 2.37 bits per heavy atom. The topological polar surface area (TPSA) is 52.6 Å². The molecule has 2 N–H and O–H groups in total. The number of carbonyl (C=O) groups excluding carboxylic acids is 1. The molecule has 110 valence electrons. The highest BCUT2D eigenvalue weighted by molar-refractivity contribution is 5.79. The summed E-state index contributed by atoms with van der Waals surface area (Å²) >= 11 is 0. The van der Waals surface area contributed by atoms with E-state index in [1.807, 2.05) is 0 Å². The Hall–Kier alpha value is -0.610. The standard InChI is InChI=1S/C15H28N2O2/c1-17(2)10-11-6-8-12(9-7-11)15(19)16-13-4-3-5-14(13)18/h11-14,18H,3-10H2,1-2H3,(H,16,19). The summed E-state index contributed by atoms with van der Waals surface area (Å²) in [6.07, 6.45) is 6.80. The van der Waals surface area contributed by atoms with Crippen molar-refractivity contribution < 1.29 is 9.90 Å². The molecule has 0 spiro atoms. The predicted molar refractivity (Wildman–Crippen MR) is 75.8 cm³/mol. The van der Waals surface area contributed by atoms with Crippen molar-refractivity contribution >= 4 is 5.91 Å². The first kappa shape index (κ1) is 14.8. The second-order valence-electron chi connectivity index (χ2n) is 6.59. The van der Waals surface area contributed by atoms with E-state index in [4.69, 9.17) is 0 Å². The number of aliphatic hydroxyl groups is 1. The van der Waals surface area contributed by atoms with Gasteiger partial charge in [0.15, 0.2) is 0 Å². The van der Waals surface area contributed by atoms with E-state index >= 15 is 0 Å². The van der Waals surface area contributed by atoms with Crippen molar-refractivity contribution in [2.45, 2.75) is 57.1 Å². The second-order valence-corrected chi connectivity index (χ2v) is 6.59. The Balaban J connectivity index is 1.73. The summed E-state index contributed by atoms with van der Waals surface area (Å²) in [5, 5.41) is 12.8. The van der Waals surface area contributed by atoms with Crippen LogP contribution < -0.4 is 5.32 Å². The van der Waals surface area contributed by atoms with Crippen LogP contribution in [0.25, 0.3) is 0 Å². The van der Waals surface area contributed by atoms with Crippen LogP contribution in [0.4, 0.5) is 0 Å². The van der Waals surface area contributed by atoms with Gasteiger partial charge in [0.05, 0.1) is 12.1 Å². The maximum Gasteiger partial charge on any atom is 0.223 e. The Labute approximate surface area is 116 Å². The molecule has 1 amide bonds. The van der Waals surface area contributed by atoms with Gasteiger partial charge in [-0.25, -0.2) is 0 Å². The minimum Gasteiger partial charge on any atom is -0.391 e. The maximum absolute atomic E-state index is 12.2. The molecule has 0 aromatic heterocycles. The summed E-state index contributed by atoms with van der Waals surface area (Å²) < 4.78 is 0. The van der Waals surface area contributed by atoms with Gasteiger partial charge in [0.1, 0.15) is 0 Å². The monoisotopic (exact) mass is 268 g/mol. The van der Waals surface area contributed by atoms with Gasteiger partial charge in [0.2, 0.25) is 5.91 Å². The minimum absolute atomic E-state index is 0.00648. The zero-order valence-electron chi connectivity index (χ0n) is 12.3. The van der Waals surface area contributed by atoms with E-state index in [-0.39, 0.29) is 24.0 Å². The van der Waals surface area contributed by atoms with Crippen molar-refractivity contribution in [1.82, 2.24) is 10.2 Å². The third-order valence-corrected chi connectivity index (χ3v) is 4.65. The normalized spacial score (nSPS) is 35.6. The molecule has 4 nitrogen and oxygen atoms in total. The van der Waals surface area contributed by atoms with Gasteiger partial charge in [-0.1, -0.05) is 0 Å². The lowest BCUT2D eigenvalue weighted by atomic mass is 9.81. The number of nitrogens with one attached hydrogen (secondary N) is 1. The molecule has 2 saturated carbocycles. The lowest BCUT2D eigenvalue weighted by Gasteiger charge is -2.30. The Kier molecular flexibility index (Phi) is 5.22. The van der Waals surface area contributed by atoms with Crippen LogP contribution in [0.2, 0.25) is 0 Å². The molecule has 0 heterocycles. The number of carbonyl (C=O) groups is 1. The fraction of sp³-hybridized carbons (Fsp3) is 0.933. The number of nitrogens with zero attached hydrogens (tertiary/aromatic N) is 1. The number of hydrogen-bond donors (Lipinski definition) is 2. The lowest BCUT2D eigenvalue weighted by molar-refractivity contribution is -0.127. The predicted octanol–water partition coefficient (Wildman–Crippen LogP) is 1.38. The van der Waals surface area contributed by atoms with Gasteiger partial charge in [0, 0.05) is 12.5 Å². The molecule has 2 fully saturated rings. The van der Waals surface area contributed by atoms with Gasteiger partial charge >= 0.3 is 0 Å². The van der Waals surface area contributed by atoms with Crippen molar-refractivity contribution in [3.05, 3.63) is 0 Å². The summed E-state index contributed by atoms with van der Waals surface area (Å²) in [7, 11) is 4.22. The number of rotatable bonds is 4. The molecule has 19 heavy (non-hydrogen) atoms. The molecule has 0 radical (unpaired) electrons. The van der Waals surface area contributed by atoms with Crippen LogP contribution >= 0.6 is 0 Å². The fourth-order valence-electron chi connectivity index (χ4n) is 3.53. The average molecular weight is 268 g/mol. The molecule has 2 unspecified atom stereocenters. The molecule has 0 saturated heterocycles. The molecule has 4 heteroatoms. The van der Waals surface area contributed by atoms with E-state index in [1.165, 1.54) is 0 Å². The molecule has 0 aromatic rings. The number of amides is 1. The third kappa shape index (κ3) is 4.18. The second kappa shape index (κ2) is 6.71. The summed E-state index contributed by atoms with van der Waals surface area (Å²) in [6.45, 7) is 1.13. The van der Waals surface area contributed by atoms with Crippen molar-refractivity contribution in [2.75, 3.05) is 20.6 Å². The van der Waals surface area contributed by atoms with Gasteiger partial charge in [-0.2, -0.15) is 0 Å². The van der Waals surface area contributed by atoms with E-state index in [0.29, 0.717) is 0 Å². The molecule has 2 aliphatic carbocycles. The quantitative estimate of drug-likeness (QED) is 0.810. The van der Waals surface area contributed by atoms with Crippen molar-refractivity contribution in [3.63, 3.8) is 0 Å². The molecular weight excluding hydrogens is 240 g/mol. The Morgan fingerprint density at radius 1 is 1.16 bits per heavy atom. The first-order valence-electron chi connectivity index (χ1n) is 7.69. The third-order valence-electron chi connectivity index (χ3n) is 4.65. The van der Waals surface area contributed by atoms with E-state index in [9.17, 15) is 9.90 Å². The van der Waals surface area contributed by atoms with E-state index in [2.05, 4.69) is 24.3 Å². The highest BCUT2D eigenvalue weighted by atomic mass is 16.3. The van der Waals surface area contributed by atoms with Crippen LogP contribution in [0, 0.1) is 11.8 Å². The first-order valence-corrected chi connectivity index (χ1v) is 7.69. The Bertz CT molecular complexity index is 299. The molecule has 0 aromatic carbocycles. The summed E-state index contributed by atoms with van der Waals surface area (Å²) in [4.78, 5) is 14.4. The molecular formula is C15H28N2O2. The summed E-state index contributed by atoms with van der Waals surface area (Å²) in [5.41, 5.74) is 0. The van der Waals surface area contributed by atoms with Gasteiger partial charge in [-0.05, 0) is 65.0 Å². The zero-order valence-corrected chi connectivity index (χ0v) is 12.3. The SMILES string of the molecule is CN(C)CC1CCC(C(=O)NC2CCCC2O)CC1. The lowest BCUT2D eigenvalue weighted by Crippen LogP contribution is -2.44. The van der Waals surface area contributed by atoms with Crippen LogP contribution in [-0.2, 0) is 4.79 Å². The van der Waals surface area contributed by atoms with Crippen molar-refractivity contribution in [1.29, 1.82) is 0 Å². The molecule has 0 bridgehead atoms. The maximum atomic E-state index is 12.2. The number of aliphatic hydroxyl groups excluding tert-OH is 1. The molecule has 2 aliphatic rings. The number of hydrogen-bond acceptors (Lipinski definition) is 3. The van der Waals surface area contributed by atoms with Crippen LogP contribution in [0.5, 0.6) is 0 Å². The molecule has 2 rings (SSSR count). The van der Waals surface area contributed by atoms with Gasteiger partial charge in [-0.3, -0.25) is 4.79 Å². The van der Waals surface area contributed by atoms with Crippen LogP contribution in [0.1, 0.15) is 44.9 Å². The van der Waals surface area contributed by atoms with Gasteiger partial charge < -0.3 is 15.3 Å². The summed E-state index contributed by atoms with van der Waals surface area (Å²) in [5.74, 6) is 1.09. The molecule has 2 atom stereocenters. The van der Waals surface area contributed by atoms with Crippen molar-refractivity contribution in [3.8, 4) is 0 Å². The first-order chi connectivity index (χ1) is 9.06. The van der Waals surface area contributed by atoms with Gasteiger partial charge in [-0.15, -0.1) is 0 Å². The van der Waals surface area contributed by atoms with Crippen LogP contribution in [-0.4, -0.2) is 48.7 Å². The van der Waals surface area contributed by atoms with Crippen LogP contribution in [0.15, 0.2) is 0 Å². The molecule has 0 aliphatic heterocycles. The minimum atomic E-state index is -0.325. The summed E-state index contributed by atoms with van der Waals surface area (Å²) in [6, 6.07) is 0.00648. The zero-order chi connectivity index (χ0) is 13.8. The van der Waals surface area contributed by atoms with Gasteiger partial charge in [0.25, 0.3) is 0 Å². The largest absolute Gasteiger partial charge is 0.391 e. The Morgan fingerprint density at radius 2 is 1.84 bits per heavy atom. The van der Waals surface area contributed by atoms with E-state index in [0.717, 1.165) is 57.4 Å². The van der Waals surface area contributed by atoms with E-state index < -0.39 is 0 Å². The van der Waals surface area contributed by atoms with E-state index in [1.54, 1.807) is 0 Å². The van der Waals surface area contributed by atoms with Crippen molar-refractivity contribution in [2.24, 2.45) is 11.8 Å².